The van der Waals surface area contributed by atoms with E-state index in [4.69, 9.17) is 0 Å². The highest BCUT2D eigenvalue weighted by Crippen LogP contribution is 2.09. The van der Waals surface area contributed by atoms with Gasteiger partial charge in [0.1, 0.15) is 0 Å². The number of nitrogens with one attached hydrogen (secondary N) is 1. The minimum atomic E-state index is -0.0174. The average Bonchev–Trinajstić information content (AvgIpc) is 3.10. The third-order valence-corrected chi connectivity index (χ3v) is 3.79. The number of carbonyl (C=O) groups excluding carboxylic acids is 1. The number of aromatic nitrogens is 2. The molecule has 4 heteroatoms. The molecule has 0 radical (unpaired) electrons. The van der Waals surface area contributed by atoms with Gasteiger partial charge in [0.05, 0.1) is 5.69 Å². The quantitative estimate of drug-likeness (QED) is 0.787. The largest absolute Gasteiger partial charge is 0.352 e. The normalized spacial score (nSPS) is 10.5. The predicted octanol–water partition coefficient (Wildman–Crippen LogP) is 3.15. The third kappa shape index (κ3) is 3.66. The molecule has 116 valence electrons. The van der Waals surface area contributed by atoms with Gasteiger partial charge in [-0.25, -0.2) is 4.68 Å². The van der Waals surface area contributed by atoms with Crippen LogP contribution in [-0.4, -0.2) is 22.2 Å². The molecule has 1 aromatic heterocycles. The number of aryl methyl sites for hydroxylation is 1. The van der Waals surface area contributed by atoms with Crippen molar-refractivity contribution in [3.63, 3.8) is 0 Å². The van der Waals surface area contributed by atoms with Crippen molar-refractivity contribution in [3.8, 4) is 5.69 Å². The molecule has 1 N–H and O–H groups in total. The number of carbonyl (C=O) groups is 1. The summed E-state index contributed by atoms with van der Waals surface area (Å²) in [5.74, 6) is -0.0174. The molecule has 0 saturated carbocycles. The molecule has 0 aliphatic carbocycles. The lowest BCUT2D eigenvalue weighted by Gasteiger charge is -2.08. The Balaban J connectivity index is 1.55. The highest BCUT2D eigenvalue weighted by atomic mass is 16.1. The van der Waals surface area contributed by atoms with Gasteiger partial charge in [-0.3, -0.25) is 4.79 Å². The summed E-state index contributed by atoms with van der Waals surface area (Å²) in [4.78, 5) is 12.1. The average molecular weight is 305 g/mol. The van der Waals surface area contributed by atoms with Crippen LogP contribution in [0.2, 0.25) is 0 Å². The number of nitrogens with zero attached hydrogens (tertiary/aromatic N) is 2. The highest BCUT2D eigenvalue weighted by Gasteiger charge is 2.07. The van der Waals surface area contributed by atoms with E-state index < -0.39 is 0 Å². The number of amides is 1. The number of hydrogen-bond donors (Lipinski definition) is 1. The van der Waals surface area contributed by atoms with Crippen LogP contribution in [-0.2, 0) is 6.42 Å². The van der Waals surface area contributed by atoms with Crippen LogP contribution < -0.4 is 5.32 Å². The second-order valence-electron chi connectivity index (χ2n) is 5.44. The molecular formula is C19H19N3O. The molecule has 0 aliphatic rings. The summed E-state index contributed by atoms with van der Waals surface area (Å²) in [6.45, 7) is 2.57. The Hall–Kier alpha value is -2.88. The maximum absolute atomic E-state index is 12.1. The molecule has 0 bridgehead atoms. The maximum atomic E-state index is 12.1. The van der Waals surface area contributed by atoms with E-state index in [2.05, 4.69) is 22.5 Å². The van der Waals surface area contributed by atoms with Gasteiger partial charge in [-0.05, 0) is 48.7 Å². The fraction of sp³-hybridized carbons (Fsp3) is 0.158. The van der Waals surface area contributed by atoms with Crippen LogP contribution in [0.15, 0.2) is 67.0 Å². The van der Waals surface area contributed by atoms with Crippen molar-refractivity contribution in [2.75, 3.05) is 6.54 Å². The first-order valence-corrected chi connectivity index (χ1v) is 7.67. The van der Waals surface area contributed by atoms with Gasteiger partial charge in [0.2, 0.25) is 0 Å². The fourth-order valence-corrected chi connectivity index (χ4v) is 2.48. The first kappa shape index (κ1) is 15.0. The lowest BCUT2D eigenvalue weighted by Crippen LogP contribution is -2.26. The zero-order valence-electron chi connectivity index (χ0n) is 13.1. The Bertz CT molecular complexity index is 777. The summed E-state index contributed by atoms with van der Waals surface area (Å²) in [5, 5.41) is 7.18. The van der Waals surface area contributed by atoms with E-state index in [-0.39, 0.29) is 5.91 Å². The molecule has 4 nitrogen and oxygen atoms in total. The standard InChI is InChI=1S/C19H19N3O/c1-15-5-2-3-6-18(15)19(23)20-13-11-16-7-9-17(10-8-16)22-14-4-12-21-22/h2-10,12,14H,11,13H2,1H3,(H,20,23). The van der Waals surface area contributed by atoms with Gasteiger partial charge in [-0.15, -0.1) is 0 Å². The second kappa shape index (κ2) is 6.92. The Labute approximate surface area is 135 Å². The minimum Gasteiger partial charge on any atom is -0.352 e. The summed E-state index contributed by atoms with van der Waals surface area (Å²) in [7, 11) is 0. The van der Waals surface area contributed by atoms with Gasteiger partial charge in [-0.2, -0.15) is 5.10 Å². The topological polar surface area (TPSA) is 46.9 Å². The fourth-order valence-electron chi connectivity index (χ4n) is 2.48. The SMILES string of the molecule is Cc1ccccc1C(=O)NCCc1ccc(-n2cccn2)cc1. The van der Waals surface area contributed by atoms with Crippen LogP contribution in [0.1, 0.15) is 21.5 Å². The molecule has 1 heterocycles. The van der Waals surface area contributed by atoms with Gasteiger partial charge < -0.3 is 5.32 Å². The van der Waals surface area contributed by atoms with Crippen LogP contribution in [0.5, 0.6) is 0 Å². The number of hydrogen-bond acceptors (Lipinski definition) is 2. The first-order valence-electron chi connectivity index (χ1n) is 7.67. The van der Waals surface area contributed by atoms with E-state index in [1.165, 1.54) is 5.56 Å². The Morgan fingerprint density at radius 1 is 1.09 bits per heavy atom. The highest BCUT2D eigenvalue weighted by molar-refractivity contribution is 5.95. The lowest BCUT2D eigenvalue weighted by atomic mass is 10.1. The molecule has 0 unspecified atom stereocenters. The maximum Gasteiger partial charge on any atom is 0.251 e. The van der Waals surface area contributed by atoms with E-state index in [9.17, 15) is 4.79 Å². The smallest absolute Gasteiger partial charge is 0.251 e. The van der Waals surface area contributed by atoms with Gasteiger partial charge in [0.15, 0.2) is 0 Å². The molecule has 0 aliphatic heterocycles. The first-order chi connectivity index (χ1) is 11.2. The van der Waals surface area contributed by atoms with E-state index in [0.717, 1.165) is 23.2 Å². The Kier molecular flexibility index (Phi) is 4.52. The molecule has 0 saturated heterocycles. The van der Waals surface area contributed by atoms with Crippen molar-refractivity contribution in [1.82, 2.24) is 15.1 Å². The molecule has 0 atom stereocenters. The van der Waals surface area contributed by atoms with Crippen LogP contribution in [0.3, 0.4) is 0 Å². The zero-order valence-corrected chi connectivity index (χ0v) is 13.1. The van der Waals surface area contributed by atoms with Gasteiger partial charge in [-0.1, -0.05) is 30.3 Å². The number of rotatable bonds is 5. The second-order valence-corrected chi connectivity index (χ2v) is 5.44. The molecular weight excluding hydrogens is 286 g/mol. The minimum absolute atomic E-state index is 0.0174. The van der Waals surface area contributed by atoms with Crippen LogP contribution in [0.25, 0.3) is 5.69 Å². The molecule has 2 aromatic carbocycles. The number of benzene rings is 2. The van der Waals surface area contributed by atoms with Crippen molar-refractivity contribution < 1.29 is 4.79 Å². The molecule has 3 rings (SSSR count). The molecule has 3 aromatic rings. The summed E-state index contributed by atoms with van der Waals surface area (Å²) in [6.07, 6.45) is 4.48. The van der Waals surface area contributed by atoms with Crippen LogP contribution in [0, 0.1) is 6.92 Å². The van der Waals surface area contributed by atoms with E-state index >= 15 is 0 Å². The van der Waals surface area contributed by atoms with Gasteiger partial charge in [0.25, 0.3) is 5.91 Å². The lowest BCUT2D eigenvalue weighted by molar-refractivity contribution is 0.0953. The van der Waals surface area contributed by atoms with Crippen molar-refractivity contribution in [2.45, 2.75) is 13.3 Å². The zero-order chi connectivity index (χ0) is 16.1. The molecule has 0 spiro atoms. The van der Waals surface area contributed by atoms with Crippen LogP contribution in [0.4, 0.5) is 0 Å². The summed E-state index contributed by atoms with van der Waals surface area (Å²) < 4.78 is 1.82. The predicted molar refractivity (Wildman–Crippen MR) is 90.8 cm³/mol. The Morgan fingerprint density at radius 3 is 2.57 bits per heavy atom. The summed E-state index contributed by atoms with van der Waals surface area (Å²) in [5.41, 5.74) is 3.95. The van der Waals surface area contributed by atoms with Crippen molar-refractivity contribution in [1.29, 1.82) is 0 Å². The summed E-state index contributed by atoms with van der Waals surface area (Å²) >= 11 is 0. The molecule has 23 heavy (non-hydrogen) atoms. The van der Waals surface area contributed by atoms with Gasteiger partial charge >= 0.3 is 0 Å². The van der Waals surface area contributed by atoms with Crippen molar-refractivity contribution in [3.05, 3.63) is 83.7 Å². The summed E-state index contributed by atoms with van der Waals surface area (Å²) in [6, 6.07) is 17.7. The van der Waals surface area contributed by atoms with Crippen LogP contribution >= 0.6 is 0 Å². The third-order valence-electron chi connectivity index (χ3n) is 3.79. The van der Waals surface area contributed by atoms with Crippen molar-refractivity contribution in [2.24, 2.45) is 0 Å². The monoisotopic (exact) mass is 305 g/mol. The molecule has 1 amide bonds. The van der Waals surface area contributed by atoms with E-state index in [1.807, 2.05) is 60.3 Å². The Morgan fingerprint density at radius 2 is 1.87 bits per heavy atom. The van der Waals surface area contributed by atoms with Gasteiger partial charge in [0, 0.05) is 24.5 Å². The molecule has 0 fully saturated rings. The van der Waals surface area contributed by atoms with E-state index in [0.29, 0.717) is 6.54 Å². The van der Waals surface area contributed by atoms with E-state index in [1.54, 1.807) is 6.20 Å². The van der Waals surface area contributed by atoms with Crippen molar-refractivity contribution >= 4 is 5.91 Å².